The van der Waals surface area contributed by atoms with Gasteiger partial charge in [-0.1, -0.05) is 35.3 Å². The number of hydrogen-bond donors (Lipinski definition) is 1. The zero-order chi connectivity index (χ0) is 18.6. The smallest absolute Gasteiger partial charge is 0.226 e. The third-order valence-electron chi connectivity index (χ3n) is 3.69. The first kappa shape index (κ1) is 19.3. The molecular weight excluding hydrogens is 359 g/mol. The highest BCUT2D eigenvalue weighted by molar-refractivity contribution is 6.39. The first-order valence-electron chi connectivity index (χ1n) is 7.88. The number of rotatable bonds is 5. The molecule has 2 aromatic carbocycles. The minimum Gasteiger partial charge on any atom is -0.323 e. The lowest BCUT2D eigenvalue weighted by Gasteiger charge is -2.22. The van der Waals surface area contributed by atoms with Crippen molar-refractivity contribution in [1.29, 1.82) is 0 Å². The van der Waals surface area contributed by atoms with Crippen molar-refractivity contribution in [3.05, 3.63) is 57.6 Å². The van der Waals surface area contributed by atoms with Gasteiger partial charge in [-0.25, -0.2) is 0 Å². The van der Waals surface area contributed by atoms with E-state index < -0.39 is 0 Å². The Labute approximate surface area is 157 Å². The standard InChI is InChI=1S/C19H20Cl2N2O2/c1-12-9-13(2)11-15(10-12)23(14(3)24)8-7-18(25)22-19-16(20)5-4-6-17(19)21/h4-6,9-11H,7-8H2,1-3H3,(H,22,25). The Bertz CT molecular complexity index is 766. The van der Waals surface area contributed by atoms with Gasteiger partial charge in [0.1, 0.15) is 0 Å². The highest BCUT2D eigenvalue weighted by Gasteiger charge is 2.15. The third kappa shape index (κ3) is 5.21. The summed E-state index contributed by atoms with van der Waals surface area (Å²) in [6, 6.07) is 10.9. The van der Waals surface area contributed by atoms with Gasteiger partial charge in [-0.05, 0) is 49.2 Å². The van der Waals surface area contributed by atoms with Crippen molar-refractivity contribution in [3.63, 3.8) is 0 Å². The Morgan fingerprint density at radius 2 is 1.60 bits per heavy atom. The topological polar surface area (TPSA) is 49.4 Å². The van der Waals surface area contributed by atoms with Gasteiger partial charge in [0.25, 0.3) is 0 Å². The van der Waals surface area contributed by atoms with E-state index in [4.69, 9.17) is 23.2 Å². The molecule has 0 aliphatic rings. The molecule has 2 aromatic rings. The minimum atomic E-state index is -0.259. The maximum atomic E-state index is 12.2. The maximum Gasteiger partial charge on any atom is 0.226 e. The lowest BCUT2D eigenvalue weighted by atomic mass is 10.1. The maximum absolute atomic E-state index is 12.2. The summed E-state index contributed by atoms with van der Waals surface area (Å²) in [5, 5.41) is 3.45. The second-order valence-electron chi connectivity index (χ2n) is 5.91. The zero-order valence-corrected chi connectivity index (χ0v) is 15.9. The molecule has 0 aliphatic heterocycles. The van der Waals surface area contributed by atoms with Crippen LogP contribution in [-0.2, 0) is 9.59 Å². The van der Waals surface area contributed by atoms with Crippen molar-refractivity contribution >= 4 is 46.4 Å². The number of nitrogens with one attached hydrogen (secondary N) is 1. The molecular formula is C19H20Cl2N2O2. The Balaban J connectivity index is 2.08. The minimum absolute atomic E-state index is 0.117. The molecule has 0 spiro atoms. The van der Waals surface area contributed by atoms with Crippen LogP contribution in [0.4, 0.5) is 11.4 Å². The lowest BCUT2D eigenvalue weighted by Crippen LogP contribution is -2.32. The second-order valence-corrected chi connectivity index (χ2v) is 6.73. The molecule has 0 fully saturated rings. The largest absolute Gasteiger partial charge is 0.323 e. The fourth-order valence-corrected chi connectivity index (χ4v) is 3.10. The highest BCUT2D eigenvalue weighted by atomic mass is 35.5. The number of para-hydroxylation sites is 1. The van der Waals surface area contributed by atoms with Crippen molar-refractivity contribution in [3.8, 4) is 0 Å². The monoisotopic (exact) mass is 378 g/mol. The average Bonchev–Trinajstić information content (AvgIpc) is 2.50. The van der Waals surface area contributed by atoms with Crippen LogP contribution in [0.3, 0.4) is 0 Å². The number of amides is 2. The summed E-state index contributed by atoms with van der Waals surface area (Å²) in [6.07, 6.45) is 0.133. The van der Waals surface area contributed by atoms with Crippen LogP contribution in [0, 0.1) is 13.8 Å². The van der Waals surface area contributed by atoms with E-state index in [0.29, 0.717) is 15.7 Å². The normalized spacial score (nSPS) is 10.4. The molecule has 2 rings (SSSR count). The number of nitrogens with zero attached hydrogens (tertiary/aromatic N) is 1. The van der Waals surface area contributed by atoms with E-state index in [2.05, 4.69) is 5.32 Å². The van der Waals surface area contributed by atoms with Crippen LogP contribution >= 0.6 is 23.2 Å². The lowest BCUT2D eigenvalue weighted by molar-refractivity contribution is -0.117. The molecule has 4 nitrogen and oxygen atoms in total. The summed E-state index contributed by atoms with van der Waals surface area (Å²) >= 11 is 12.1. The average molecular weight is 379 g/mol. The van der Waals surface area contributed by atoms with Gasteiger partial charge in [-0.3, -0.25) is 9.59 Å². The van der Waals surface area contributed by atoms with Gasteiger partial charge in [-0.2, -0.15) is 0 Å². The number of carbonyl (C=O) groups is 2. The van der Waals surface area contributed by atoms with E-state index in [1.807, 2.05) is 32.0 Å². The predicted molar refractivity (Wildman–Crippen MR) is 104 cm³/mol. The van der Waals surface area contributed by atoms with Crippen LogP contribution in [0.1, 0.15) is 24.5 Å². The van der Waals surface area contributed by atoms with Gasteiger partial charge in [-0.15, -0.1) is 0 Å². The quantitative estimate of drug-likeness (QED) is 0.796. The van der Waals surface area contributed by atoms with Gasteiger partial charge in [0.15, 0.2) is 0 Å². The molecule has 0 unspecified atom stereocenters. The molecule has 132 valence electrons. The van der Waals surface area contributed by atoms with Crippen LogP contribution in [-0.4, -0.2) is 18.4 Å². The summed E-state index contributed by atoms with van der Waals surface area (Å²) in [5.74, 6) is -0.376. The van der Waals surface area contributed by atoms with Crippen molar-refractivity contribution in [2.24, 2.45) is 0 Å². The molecule has 0 saturated heterocycles. The van der Waals surface area contributed by atoms with Crippen molar-refractivity contribution in [2.75, 3.05) is 16.8 Å². The van der Waals surface area contributed by atoms with E-state index in [0.717, 1.165) is 16.8 Å². The first-order valence-corrected chi connectivity index (χ1v) is 8.64. The van der Waals surface area contributed by atoms with E-state index >= 15 is 0 Å². The van der Waals surface area contributed by atoms with E-state index in [-0.39, 0.29) is 24.8 Å². The molecule has 0 atom stereocenters. The molecule has 6 heteroatoms. The molecule has 25 heavy (non-hydrogen) atoms. The molecule has 2 amide bonds. The van der Waals surface area contributed by atoms with Crippen LogP contribution in [0.5, 0.6) is 0 Å². The predicted octanol–water partition coefficient (Wildman–Crippen LogP) is 4.99. The number of carbonyl (C=O) groups excluding carboxylic acids is 2. The highest BCUT2D eigenvalue weighted by Crippen LogP contribution is 2.30. The summed E-state index contributed by atoms with van der Waals surface area (Å²) < 4.78 is 0. The fraction of sp³-hybridized carbons (Fsp3) is 0.263. The van der Waals surface area contributed by atoms with Gasteiger partial charge >= 0.3 is 0 Å². The van der Waals surface area contributed by atoms with Crippen molar-refractivity contribution in [2.45, 2.75) is 27.2 Å². The van der Waals surface area contributed by atoms with Crippen LogP contribution in [0.25, 0.3) is 0 Å². The van der Waals surface area contributed by atoms with Gasteiger partial charge in [0, 0.05) is 25.6 Å². The first-order chi connectivity index (χ1) is 11.8. The van der Waals surface area contributed by atoms with Gasteiger partial charge in [0.2, 0.25) is 11.8 Å². The molecule has 0 aromatic heterocycles. The Hall–Kier alpha value is -2.04. The Kier molecular flexibility index (Phi) is 6.45. The number of aryl methyl sites for hydroxylation is 2. The van der Waals surface area contributed by atoms with Crippen molar-refractivity contribution in [1.82, 2.24) is 0 Å². The van der Waals surface area contributed by atoms with E-state index in [1.54, 1.807) is 23.1 Å². The SMILES string of the molecule is CC(=O)N(CCC(=O)Nc1c(Cl)cccc1Cl)c1cc(C)cc(C)c1. The molecule has 0 heterocycles. The Morgan fingerprint density at radius 3 is 2.12 bits per heavy atom. The van der Waals surface area contributed by atoms with Gasteiger partial charge in [0.05, 0.1) is 15.7 Å². The molecule has 0 radical (unpaired) electrons. The molecule has 0 saturated carbocycles. The number of anilines is 2. The summed E-state index contributed by atoms with van der Waals surface area (Å²) in [6.45, 7) is 5.70. The molecule has 0 bridgehead atoms. The van der Waals surface area contributed by atoms with E-state index in [1.165, 1.54) is 6.92 Å². The summed E-state index contributed by atoms with van der Waals surface area (Å²) in [5.41, 5.74) is 3.30. The van der Waals surface area contributed by atoms with E-state index in [9.17, 15) is 9.59 Å². The van der Waals surface area contributed by atoms with Crippen LogP contribution in [0.2, 0.25) is 10.0 Å². The number of halogens is 2. The Morgan fingerprint density at radius 1 is 1.04 bits per heavy atom. The second kappa shape index (κ2) is 8.37. The van der Waals surface area contributed by atoms with Crippen LogP contribution < -0.4 is 10.2 Å². The fourth-order valence-electron chi connectivity index (χ4n) is 2.61. The van der Waals surface area contributed by atoms with Crippen LogP contribution in [0.15, 0.2) is 36.4 Å². The van der Waals surface area contributed by atoms with Crippen molar-refractivity contribution < 1.29 is 9.59 Å². The molecule has 0 aliphatic carbocycles. The summed E-state index contributed by atoms with van der Waals surface area (Å²) in [4.78, 5) is 25.8. The van der Waals surface area contributed by atoms with Gasteiger partial charge < -0.3 is 10.2 Å². The number of benzene rings is 2. The number of hydrogen-bond acceptors (Lipinski definition) is 2. The zero-order valence-electron chi connectivity index (χ0n) is 14.4. The third-order valence-corrected chi connectivity index (χ3v) is 4.32. The summed E-state index contributed by atoms with van der Waals surface area (Å²) in [7, 11) is 0. The molecule has 1 N–H and O–H groups in total.